The molecule has 0 aliphatic rings. The van der Waals surface area contributed by atoms with Gasteiger partial charge in [-0.1, -0.05) is 36.7 Å². The Bertz CT molecular complexity index is 520. The summed E-state index contributed by atoms with van der Waals surface area (Å²) in [6, 6.07) is 7.88. The molecule has 1 N–H and O–H groups in total. The van der Waals surface area contributed by atoms with Crippen LogP contribution in [0.5, 0.6) is 0 Å². The summed E-state index contributed by atoms with van der Waals surface area (Å²) in [5.41, 5.74) is 1.06. The Morgan fingerprint density at radius 1 is 1.35 bits per heavy atom. The van der Waals surface area contributed by atoms with Crippen LogP contribution < -0.4 is 5.32 Å². The molecule has 4 nitrogen and oxygen atoms in total. The van der Waals surface area contributed by atoms with E-state index < -0.39 is 10.0 Å². The average Bonchev–Trinajstić information content (AvgIpc) is 2.37. The summed E-state index contributed by atoms with van der Waals surface area (Å²) < 4.78 is 24.4. The smallest absolute Gasteiger partial charge is 0.211 e. The minimum absolute atomic E-state index is 0.150. The molecule has 0 saturated carbocycles. The van der Waals surface area contributed by atoms with Crippen molar-refractivity contribution in [1.29, 1.82) is 0 Å². The summed E-state index contributed by atoms with van der Waals surface area (Å²) in [6.07, 6.45) is 2.02. The van der Waals surface area contributed by atoms with Crippen molar-refractivity contribution in [2.45, 2.75) is 26.3 Å². The molecule has 0 radical (unpaired) electrons. The van der Waals surface area contributed by atoms with Crippen LogP contribution in [-0.2, 0) is 10.0 Å². The Kier molecular flexibility index (Phi) is 6.95. The van der Waals surface area contributed by atoms with Gasteiger partial charge in [0, 0.05) is 24.2 Å². The molecular formula is C14H23ClN2O2S. The van der Waals surface area contributed by atoms with Crippen LogP contribution in [0.1, 0.15) is 31.9 Å². The fraction of sp³-hybridized carbons (Fsp3) is 0.571. The number of halogens is 1. The largest absolute Gasteiger partial charge is 0.310 e. The minimum atomic E-state index is -3.09. The first-order valence-corrected chi connectivity index (χ1v) is 9.01. The normalized spacial score (nSPS) is 13.7. The predicted octanol–water partition coefficient (Wildman–Crippen LogP) is 2.66. The van der Waals surface area contributed by atoms with Gasteiger partial charge in [-0.2, -0.15) is 0 Å². The number of benzene rings is 1. The van der Waals surface area contributed by atoms with Gasteiger partial charge in [-0.05, 0) is 31.5 Å². The highest BCUT2D eigenvalue weighted by atomic mass is 35.5. The molecule has 20 heavy (non-hydrogen) atoms. The van der Waals surface area contributed by atoms with E-state index in [4.69, 9.17) is 11.6 Å². The third-order valence-corrected chi connectivity index (χ3v) is 4.95. The van der Waals surface area contributed by atoms with Crippen LogP contribution in [0.2, 0.25) is 5.02 Å². The van der Waals surface area contributed by atoms with E-state index in [-0.39, 0.29) is 6.04 Å². The molecule has 0 saturated heterocycles. The van der Waals surface area contributed by atoms with E-state index in [0.29, 0.717) is 13.1 Å². The van der Waals surface area contributed by atoms with Gasteiger partial charge >= 0.3 is 0 Å². The lowest BCUT2D eigenvalue weighted by Gasteiger charge is -2.19. The lowest BCUT2D eigenvalue weighted by molar-refractivity contribution is 0.413. The summed E-state index contributed by atoms with van der Waals surface area (Å²) in [5, 5.41) is 4.11. The van der Waals surface area contributed by atoms with E-state index in [0.717, 1.165) is 23.6 Å². The van der Waals surface area contributed by atoms with Crippen molar-refractivity contribution in [1.82, 2.24) is 9.62 Å². The number of rotatable bonds is 8. The Morgan fingerprint density at radius 2 is 2.00 bits per heavy atom. The maximum atomic E-state index is 11.4. The molecule has 0 fully saturated rings. The van der Waals surface area contributed by atoms with Gasteiger partial charge in [0.05, 0.1) is 6.26 Å². The van der Waals surface area contributed by atoms with E-state index in [1.165, 1.54) is 10.6 Å². The number of nitrogens with zero attached hydrogens (tertiary/aromatic N) is 1. The van der Waals surface area contributed by atoms with Crippen molar-refractivity contribution < 1.29 is 8.42 Å². The fourth-order valence-corrected chi connectivity index (χ4v) is 3.30. The molecule has 0 aromatic heterocycles. The van der Waals surface area contributed by atoms with E-state index in [1.54, 1.807) is 0 Å². The van der Waals surface area contributed by atoms with Gasteiger partial charge in [0.25, 0.3) is 0 Å². The second kappa shape index (κ2) is 7.98. The van der Waals surface area contributed by atoms with E-state index in [1.807, 2.05) is 31.2 Å². The van der Waals surface area contributed by atoms with Gasteiger partial charge in [-0.25, -0.2) is 12.7 Å². The maximum absolute atomic E-state index is 11.4. The molecule has 1 atom stereocenters. The van der Waals surface area contributed by atoms with Gasteiger partial charge in [-0.15, -0.1) is 0 Å². The Morgan fingerprint density at radius 3 is 2.55 bits per heavy atom. The summed E-state index contributed by atoms with van der Waals surface area (Å²) in [5.74, 6) is 0. The van der Waals surface area contributed by atoms with E-state index in [2.05, 4.69) is 12.2 Å². The molecule has 0 bridgehead atoms. The third kappa shape index (κ3) is 5.40. The fourth-order valence-electron chi connectivity index (χ4n) is 2.07. The lowest BCUT2D eigenvalue weighted by Crippen LogP contribution is -2.32. The zero-order valence-electron chi connectivity index (χ0n) is 12.3. The Hall–Kier alpha value is -0.620. The second-order valence-electron chi connectivity index (χ2n) is 4.81. The van der Waals surface area contributed by atoms with Gasteiger partial charge < -0.3 is 5.32 Å². The third-order valence-electron chi connectivity index (χ3n) is 3.23. The number of sulfonamides is 1. The van der Waals surface area contributed by atoms with E-state index >= 15 is 0 Å². The van der Waals surface area contributed by atoms with Crippen LogP contribution >= 0.6 is 11.6 Å². The molecule has 1 aromatic rings. The molecule has 6 heteroatoms. The van der Waals surface area contributed by atoms with Gasteiger partial charge in [0.15, 0.2) is 0 Å². The highest BCUT2D eigenvalue weighted by molar-refractivity contribution is 7.88. The molecule has 1 unspecified atom stereocenters. The van der Waals surface area contributed by atoms with Crippen LogP contribution in [0.3, 0.4) is 0 Å². The molecule has 1 rings (SSSR count). The molecule has 0 amide bonds. The van der Waals surface area contributed by atoms with Crippen LogP contribution in [0.15, 0.2) is 24.3 Å². The SMILES string of the molecule is CCN(CCCNC(C)c1ccccc1Cl)S(C)(=O)=O. The molecule has 0 spiro atoms. The first kappa shape index (κ1) is 17.4. The van der Waals surface area contributed by atoms with Crippen LogP contribution in [-0.4, -0.2) is 38.6 Å². The molecule has 1 aromatic carbocycles. The Balaban J connectivity index is 2.40. The van der Waals surface area contributed by atoms with Crippen molar-refractivity contribution in [2.24, 2.45) is 0 Å². The number of nitrogens with one attached hydrogen (secondary N) is 1. The molecule has 0 aliphatic heterocycles. The average molecular weight is 319 g/mol. The quantitative estimate of drug-likeness (QED) is 0.750. The summed E-state index contributed by atoms with van der Waals surface area (Å²) in [6.45, 7) is 5.70. The van der Waals surface area contributed by atoms with E-state index in [9.17, 15) is 8.42 Å². The topological polar surface area (TPSA) is 49.4 Å². The Labute approximate surface area is 127 Å². The monoisotopic (exact) mass is 318 g/mol. The van der Waals surface area contributed by atoms with Gasteiger partial charge in [0.2, 0.25) is 10.0 Å². The van der Waals surface area contributed by atoms with Gasteiger partial charge in [0.1, 0.15) is 0 Å². The first-order valence-electron chi connectivity index (χ1n) is 6.79. The van der Waals surface area contributed by atoms with Gasteiger partial charge in [-0.3, -0.25) is 0 Å². The van der Waals surface area contributed by atoms with Crippen LogP contribution in [0, 0.1) is 0 Å². The molecule has 114 valence electrons. The summed E-state index contributed by atoms with van der Waals surface area (Å²) >= 11 is 6.14. The lowest BCUT2D eigenvalue weighted by atomic mass is 10.1. The predicted molar refractivity (Wildman–Crippen MR) is 84.6 cm³/mol. The zero-order chi connectivity index (χ0) is 15.2. The van der Waals surface area contributed by atoms with Crippen molar-refractivity contribution in [3.05, 3.63) is 34.9 Å². The van der Waals surface area contributed by atoms with Crippen LogP contribution in [0.4, 0.5) is 0 Å². The van der Waals surface area contributed by atoms with Crippen molar-refractivity contribution in [3.63, 3.8) is 0 Å². The highest BCUT2D eigenvalue weighted by Gasteiger charge is 2.13. The molecular weight excluding hydrogens is 296 g/mol. The summed E-state index contributed by atoms with van der Waals surface area (Å²) in [7, 11) is -3.09. The van der Waals surface area contributed by atoms with Crippen molar-refractivity contribution in [3.8, 4) is 0 Å². The van der Waals surface area contributed by atoms with Crippen molar-refractivity contribution in [2.75, 3.05) is 25.9 Å². The maximum Gasteiger partial charge on any atom is 0.211 e. The molecule has 0 heterocycles. The highest BCUT2D eigenvalue weighted by Crippen LogP contribution is 2.21. The number of hydrogen-bond donors (Lipinski definition) is 1. The number of hydrogen-bond acceptors (Lipinski definition) is 3. The standard InChI is InChI=1S/C14H23ClN2O2S/c1-4-17(20(3,18)19)11-7-10-16-12(2)13-8-5-6-9-14(13)15/h5-6,8-9,12,16H,4,7,10-11H2,1-3H3. The molecule has 0 aliphatic carbocycles. The minimum Gasteiger partial charge on any atom is -0.310 e. The zero-order valence-corrected chi connectivity index (χ0v) is 13.8. The van der Waals surface area contributed by atoms with Crippen molar-refractivity contribution >= 4 is 21.6 Å². The summed E-state index contributed by atoms with van der Waals surface area (Å²) in [4.78, 5) is 0. The first-order chi connectivity index (χ1) is 9.36. The van der Waals surface area contributed by atoms with Crippen LogP contribution in [0.25, 0.3) is 0 Å². The second-order valence-corrected chi connectivity index (χ2v) is 7.20.